The van der Waals surface area contributed by atoms with Crippen molar-refractivity contribution in [1.29, 1.82) is 0 Å². The van der Waals surface area contributed by atoms with Crippen LogP contribution in [-0.2, 0) is 0 Å². The summed E-state index contributed by atoms with van der Waals surface area (Å²) in [5, 5.41) is 11.3. The van der Waals surface area contributed by atoms with Crippen LogP contribution in [0, 0.1) is 5.82 Å². The molecule has 1 N–H and O–H groups in total. The first kappa shape index (κ1) is 13.4. The molecule has 0 saturated carbocycles. The number of aromatic carboxylic acids is 1. The zero-order chi connectivity index (χ0) is 14.8. The van der Waals surface area contributed by atoms with E-state index in [0.29, 0.717) is 22.0 Å². The SMILES string of the molecule is O=C(O)c1ccnc(-c2nc(-c3ccccc3F)cs2)c1. The Morgan fingerprint density at radius 3 is 2.76 bits per heavy atom. The van der Waals surface area contributed by atoms with E-state index in [0.717, 1.165) is 0 Å². The average molecular weight is 300 g/mol. The van der Waals surface area contributed by atoms with Crippen LogP contribution in [0.5, 0.6) is 0 Å². The van der Waals surface area contributed by atoms with Crippen molar-refractivity contribution in [3.63, 3.8) is 0 Å². The average Bonchev–Trinajstić information content (AvgIpc) is 2.97. The van der Waals surface area contributed by atoms with Gasteiger partial charge in [0.1, 0.15) is 10.8 Å². The van der Waals surface area contributed by atoms with E-state index < -0.39 is 5.97 Å². The van der Waals surface area contributed by atoms with Crippen LogP contribution in [0.25, 0.3) is 22.0 Å². The Labute approximate surface area is 123 Å². The number of carboxylic acid groups (broad SMARTS) is 1. The maximum atomic E-state index is 13.7. The van der Waals surface area contributed by atoms with Gasteiger partial charge in [-0.25, -0.2) is 14.2 Å². The molecule has 0 saturated heterocycles. The molecule has 0 spiro atoms. The molecule has 3 rings (SSSR count). The van der Waals surface area contributed by atoms with E-state index >= 15 is 0 Å². The molecular formula is C15H9FN2O2S. The second-order valence-corrected chi connectivity index (χ2v) is 5.11. The molecule has 2 heterocycles. The summed E-state index contributed by atoms with van der Waals surface area (Å²) in [6.45, 7) is 0. The number of halogens is 1. The third-order valence-electron chi connectivity index (χ3n) is 2.88. The lowest BCUT2D eigenvalue weighted by Gasteiger charge is -1.99. The smallest absolute Gasteiger partial charge is 0.335 e. The molecule has 4 nitrogen and oxygen atoms in total. The lowest BCUT2D eigenvalue weighted by molar-refractivity contribution is 0.0697. The molecular weight excluding hydrogens is 291 g/mol. The van der Waals surface area contributed by atoms with Crippen molar-refractivity contribution in [2.24, 2.45) is 0 Å². The number of carbonyl (C=O) groups is 1. The fourth-order valence-corrected chi connectivity index (χ4v) is 2.65. The number of nitrogens with zero attached hydrogens (tertiary/aromatic N) is 2. The van der Waals surface area contributed by atoms with Crippen LogP contribution in [0.3, 0.4) is 0 Å². The van der Waals surface area contributed by atoms with Crippen LogP contribution in [0.2, 0.25) is 0 Å². The Kier molecular flexibility index (Phi) is 3.45. The number of aromatic nitrogens is 2. The summed E-state index contributed by atoms with van der Waals surface area (Å²) >= 11 is 1.29. The molecule has 2 aromatic heterocycles. The number of hydrogen-bond acceptors (Lipinski definition) is 4. The summed E-state index contributed by atoms with van der Waals surface area (Å²) in [5.41, 5.74) is 1.52. The van der Waals surface area contributed by atoms with Crippen molar-refractivity contribution in [2.45, 2.75) is 0 Å². The van der Waals surface area contributed by atoms with Gasteiger partial charge in [0, 0.05) is 17.1 Å². The minimum atomic E-state index is -1.02. The summed E-state index contributed by atoms with van der Waals surface area (Å²) < 4.78 is 13.7. The van der Waals surface area contributed by atoms with Gasteiger partial charge in [-0.1, -0.05) is 12.1 Å². The molecule has 0 aliphatic rings. The first-order valence-electron chi connectivity index (χ1n) is 6.05. The van der Waals surface area contributed by atoms with Crippen molar-refractivity contribution >= 4 is 17.3 Å². The van der Waals surface area contributed by atoms with Crippen LogP contribution in [-0.4, -0.2) is 21.0 Å². The summed E-state index contributed by atoms with van der Waals surface area (Å²) in [7, 11) is 0. The van der Waals surface area contributed by atoms with Gasteiger partial charge in [0.25, 0.3) is 0 Å². The quantitative estimate of drug-likeness (QED) is 0.801. The van der Waals surface area contributed by atoms with Gasteiger partial charge >= 0.3 is 5.97 Å². The Morgan fingerprint density at radius 1 is 1.19 bits per heavy atom. The van der Waals surface area contributed by atoms with E-state index in [1.165, 1.54) is 35.7 Å². The molecule has 0 unspecified atom stereocenters. The van der Waals surface area contributed by atoms with Crippen LogP contribution in [0.4, 0.5) is 4.39 Å². The zero-order valence-corrected chi connectivity index (χ0v) is 11.5. The normalized spacial score (nSPS) is 10.5. The van der Waals surface area contributed by atoms with E-state index in [1.54, 1.807) is 23.6 Å². The highest BCUT2D eigenvalue weighted by atomic mass is 32.1. The van der Waals surface area contributed by atoms with Gasteiger partial charge in [-0.15, -0.1) is 11.3 Å². The third kappa shape index (κ3) is 2.66. The molecule has 0 aliphatic heterocycles. The topological polar surface area (TPSA) is 63.1 Å². The molecule has 3 aromatic rings. The molecule has 0 amide bonds. The molecule has 0 fully saturated rings. The number of benzene rings is 1. The first-order valence-corrected chi connectivity index (χ1v) is 6.93. The van der Waals surface area contributed by atoms with Crippen molar-refractivity contribution in [3.8, 4) is 22.0 Å². The summed E-state index contributed by atoms with van der Waals surface area (Å²) in [6.07, 6.45) is 1.42. The Hall–Kier alpha value is -2.60. The Bertz CT molecular complexity index is 817. The monoisotopic (exact) mass is 300 g/mol. The van der Waals surface area contributed by atoms with Gasteiger partial charge < -0.3 is 5.11 Å². The van der Waals surface area contributed by atoms with Gasteiger partial charge in [-0.05, 0) is 24.3 Å². The van der Waals surface area contributed by atoms with E-state index in [1.807, 2.05) is 0 Å². The predicted molar refractivity (Wildman–Crippen MR) is 77.7 cm³/mol. The van der Waals surface area contributed by atoms with Crippen molar-refractivity contribution in [2.75, 3.05) is 0 Å². The summed E-state index contributed by atoms with van der Waals surface area (Å²) in [5.74, 6) is -1.37. The highest BCUT2D eigenvalue weighted by Gasteiger charge is 2.12. The molecule has 1 aromatic carbocycles. The fraction of sp³-hybridized carbons (Fsp3) is 0. The maximum Gasteiger partial charge on any atom is 0.335 e. The van der Waals surface area contributed by atoms with Gasteiger partial charge in [0.2, 0.25) is 0 Å². The van der Waals surface area contributed by atoms with Crippen molar-refractivity contribution < 1.29 is 14.3 Å². The predicted octanol–water partition coefficient (Wildman–Crippen LogP) is 3.71. The fourth-order valence-electron chi connectivity index (χ4n) is 1.86. The van der Waals surface area contributed by atoms with E-state index in [-0.39, 0.29) is 11.4 Å². The Morgan fingerprint density at radius 2 is 2.00 bits per heavy atom. The summed E-state index contributed by atoms with van der Waals surface area (Å²) in [4.78, 5) is 19.4. The number of thiazole rings is 1. The maximum absolute atomic E-state index is 13.7. The summed E-state index contributed by atoms with van der Waals surface area (Å²) in [6, 6.07) is 9.24. The number of hydrogen-bond donors (Lipinski definition) is 1. The van der Waals surface area contributed by atoms with Crippen molar-refractivity contribution in [3.05, 3.63) is 59.4 Å². The van der Waals surface area contributed by atoms with Crippen LogP contribution in [0.1, 0.15) is 10.4 Å². The second kappa shape index (κ2) is 5.41. The van der Waals surface area contributed by atoms with Crippen LogP contribution < -0.4 is 0 Å². The molecule has 0 atom stereocenters. The van der Waals surface area contributed by atoms with Gasteiger partial charge in [0.15, 0.2) is 0 Å². The molecule has 0 bridgehead atoms. The van der Waals surface area contributed by atoms with Gasteiger partial charge in [-0.2, -0.15) is 0 Å². The van der Waals surface area contributed by atoms with Crippen LogP contribution >= 0.6 is 11.3 Å². The van der Waals surface area contributed by atoms with Crippen LogP contribution in [0.15, 0.2) is 48.0 Å². The molecule has 0 aliphatic carbocycles. The highest BCUT2D eigenvalue weighted by Crippen LogP contribution is 2.29. The number of pyridine rings is 1. The Balaban J connectivity index is 2.01. The van der Waals surface area contributed by atoms with E-state index in [2.05, 4.69) is 9.97 Å². The van der Waals surface area contributed by atoms with Gasteiger partial charge in [-0.3, -0.25) is 4.98 Å². The standard InChI is InChI=1S/C15H9FN2O2S/c16-11-4-2-1-3-10(11)13-8-21-14(18-13)12-7-9(15(19)20)5-6-17-12/h1-8H,(H,19,20). The lowest BCUT2D eigenvalue weighted by Crippen LogP contribution is -1.97. The highest BCUT2D eigenvalue weighted by molar-refractivity contribution is 7.13. The molecule has 6 heteroatoms. The minimum Gasteiger partial charge on any atom is -0.478 e. The second-order valence-electron chi connectivity index (χ2n) is 4.25. The van der Waals surface area contributed by atoms with E-state index in [9.17, 15) is 9.18 Å². The van der Waals surface area contributed by atoms with Gasteiger partial charge in [0.05, 0.1) is 17.0 Å². The first-order chi connectivity index (χ1) is 10.1. The minimum absolute atomic E-state index is 0.141. The van der Waals surface area contributed by atoms with E-state index in [4.69, 9.17) is 5.11 Å². The lowest BCUT2D eigenvalue weighted by atomic mass is 10.1. The zero-order valence-electron chi connectivity index (χ0n) is 10.7. The molecule has 21 heavy (non-hydrogen) atoms. The number of carboxylic acids is 1. The third-order valence-corrected chi connectivity index (χ3v) is 3.74. The molecule has 104 valence electrons. The number of rotatable bonds is 3. The molecule has 0 radical (unpaired) electrons. The largest absolute Gasteiger partial charge is 0.478 e. The van der Waals surface area contributed by atoms with Crippen molar-refractivity contribution in [1.82, 2.24) is 9.97 Å².